The molecule has 0 saturated carbocycles. The van der Waals surface area contributed by atoms with Crippen LogP contribution in [0, 0.1) is 0 Å². The van der Waals surface area contributed by atoms with Crippen molar-refractivity contribution < 1.29 is 4.79 Å². The third-order valence-corrected chi connectivity index (χ3v) is 7.62. The monoisotopic (exact) mass is 494 g/mol. The summed E-state index contributed by atoms with van der Waals surface area (Å²) in [6.45, 7) is 0. The van der Waals surface area contributed by atoms with Gasteiger partial charge in [-0.1, -0.05) is 131 Å². The van der Waals surface area contributed by atoms with Gasteiger partial charge in [0.15, 0.2) is 5.78 Å². The topological polar surface area (TPSA) is 17.1 Å². The molecule has 150 valence electrons. The van der Waals surface area contributed by atoms with E-state index in [0.717, 1.165) is 0 Å². The van der Waals surface area contributed by atoms with E-state index in [4.69, 9.17) is 11.6 Å². The van der Waals surface area contributed by atoms with Gasteiger partial charge in [-0.05, 0) is 36.0 Å². The predicted octanol–water partition coefficient (Wildman–Crippen LogP) is 6.36. The van der Waals surface area contributed by atoms with Gasteiger partial charge in [0.2, 0.25) is 0 Å². The van der Waals surface area contributed by atoms with Crippen LogP contribution < -0.4 is 15.9 Å². The van der Waals surface area contributed by atoms with E-state index >= 15 is 0 Å². The average Bonchev–Trinajstić information content (AvgIpc) is 2.82. The second-order valence-corrected chi connectivity index (χ2v) is 9.57. The summed E-state index contributed by atoms with van der Waals surface area (Å²) in [6.07, 6.45) is 0. The summed E-state index contributed by atoms with van der Waals surface area (Å²) in [6, 6.07) is 39.3. The molecule has 0 aliphatic heterocycles. The number of hydrogen-bond acceptors (Lipinski definition) is 1. The fraction of sp³-hybridized carbons (Fsp3) is 0.0385. The van der Waals surface area contributed by atoms with Crippen LogP contribution in [0.25, 0.3) is 0 Å². The molecule has 1 nitrogen and oxygen atoms in total. The number of Topliss-reactive ketones (excluding diaryl/α,β-unsaturated/α-hetero) is 1. The van der Waals surface area contributed by atoms with Crippen LogP contribution in [-0.2, 0) is 0 Å². The van der Waals surface area contributed by atoms with Crippen LogP contribution in [0.3, 0.4) is 0 Å². The summed E-state index contributed by atoms with van der Waals surface area (Å²) in [4.78, 5) is 11.1. The maximum atomic E-state index is 11.1. The smallest absolute Gasteiger partial charge is 0.174 e. The van der Waals surface area contributed by atoms with Crippen molar-refractivity contribution in [1.29, 1.82) is 0 Å². The molecule has 4 heteroatoms. The van der Waals surface area contributed by atoms with Gasteiger partial charge in [0.1, 0.15) is 0 Å². The Labute approximate surface area is 192 Å². The molecule has 0 aliphatic rings. The number of alkyl halides is 1. The van der Waals surface area contributed by atoms with Gasteiger partial charge < -0.3 is 0 Å². The normalized spacial score (nSPS) is 10.2. The quantitative estimate of drug-likeness (QED) is 0.179. The number of ketones is 1. The highest BCUT2D eigenvalue weighted by atomic mass is 79.9. The van der Waals surface area contributed by atoms with Gasteiger partial charge >= 0.3 is 0 Å². The number of halogens is 2. The lowest BCUT2D eigenvalue weighted by Crippen LogP contribution is -2.20. The maximum absolute atomic E-state index is 11.1. The molecule has 0 amide bonds. The van der Waals surface area contributed by atoms with Crippen LogP contribution in [0.4, 0.5) is 0 Å². The Balaban J connectivity index is 0.000000199. The van der Waals surface area contributed by atoms with E-state index in [1.807, 2.05) is 0 Å². The minimum atomic E-state index is -0.446. The molecule has 4 aromatic rings. The van der Waals surface area contributed by atoms with Crippen molar-refractivity contribution >= 4 is 57.1 Å². The minimum absolute atomic E-state index is 0.00981. The summed E-state index contributed by atoms with van der Waals surface area (Å²) < 4.78 is 0. The highest BCUT2D eigenvalue weighted by molar-refractivity contribution is 9.09. The number of benzene rings is 4. The lowest BCUT2D eigenvalue weighted by atomic mass is 10.1. The van der Waals surface area contributed by atoms with Crippen LogP contribution in [0.5, 0.6) is 0 Å². The molecule has 4 rings (SSSR count). The fourth-order valence-electron chi connectivity index (χ4n) is 2.94. The molecule has 4 aromatic carbocycles. The van der Waals surface area contributed by atoms with Gasteiger partial charge in [0, 0.05) is 5.56 Å². The Morgan fingerprint density at radius 2 is 1.00 bits per heavy atom. The highest BCUT2D eigenvalue weighted by Crippen LogP contribution is 2.32. The van der Waals surface area contributed by atoms with E-state index in [1.54, 1.807) is 24.3 Å². The zero-order valence-corrected chi connectivity index (χ0v) is 19.5. The second kappa shape index (κ2) is 11.8. The number of carbonyl (C=O) groups is 1. The first kappa shape index (κ1) is 22.4. The average molecular weight is 496 g/mol. The van der Waals surface area contributed by atoms with Crippen molar-refractivity contribution in [2.75, 3.05) is 5.33 Å². The fourth-order valence-corrected chi connectivity index (χ4v) is 5.79. The summed E-state index contributed by atoms with van der Waals surface area (Å²) >= 11 is 8.83. The summed E-state index contributed by atoms with van der Waals surface area (Å²) in [5, 5.41) is 5.02. The minimum Gasteiger partial charge on any atom is -0.293 e. The molecule has 0 saturated heterocycles. The van der Waals surface area contributed by atoms with Crippen molar-refractivity contribution in [3.8, 4) is 0 Å². The van der Waals surface area contributed by atoms with Crippen LogP contribution in [0.15, 0.2) is 115 Å². The van der Waals surface area contributed by atoms with Crippen LogP contribution in [0.2, 0.25) is 5.02 Å². The molecule has 0 N–H and O–H groups in total. The molecule has 0 unspecified atom stereocenters. The zero-order valence-electron chi connectivity index (χ0n) is 16.3. The molecule has 0 aromatic heterocycles. The molecule has 0 fully saturated rings. The van der Waals surface area contributed by atoms with Crippen LogP contribution in [-0.4, -0.2) is 11.1 Å². The summed E-state index contributed by atoms with van der Waals surface area (Å²) in [5.74, 6) is 0.00981. The Hall–Kier alpha value is -2.25. The van der Waals surface area contributed by atoms with Gasteiger partial charge in [-0.25, -0.2) is 0 Å². The zero-order chi connectivity index (χ0) is 21.2. The molecule has 0 bridgehead atoms. The van der Waals surface area contributed by atoms with E-state index in [1.165, 1.54) is 15.9 Å². The number of hydrogen-bond donors (Lipinski definition) is 0. The van der Waals surface area contributed by atoms with Gasteiger partial charge in [0.25, 0.3) is 0 Å². The second-order valence-electron chi connectivity index (χ2n) is 6.38. The Bertz CT molecular complexity index is 962. The predicted molar refractivity (Wildman–Crippen MR) is 135 cm³/mol. The van der Waals surface area contributed by atoms with E-state index in [9.17, 15) is 4.79 Å². The lowest BCUT2D eigenvalue weighted by Gasteiger charge is -2.18. The Kier molecular flexibility index (Phi) is 8.83. The van der Waals surface area contributed by atoms with Gasteiger partial charge in [0.05, 0.1) is 10.4 Å². The van der Waals surface area contributed by atoms with Crippen molar-refractivity contribution in [3.05, 3.63) is 126 Å². The van der Waals surface area contributed by atoms with Gasteiger partial charge in [-0.15, -0.1) is 0 Å². The van der Waals surface area contributed by atoms with Crippen molar-refractivity contribution in [3.63, 3.8) is 0 Å². The molecule has 0 spiro atoms. The molecule has 0 radical (unpaired) electrons. The Morgan fingerprint density at radius 1 is 0.633 bits per heavy atom. The van der Waals surface area contributed by atoms with Crippen molar-refractivity contribution in [2.24, 2.45) is 0 Å². The van der Waals surface area contributed by atoms with Crippen molar-refractivity contribution in [2.45, 2.75) is 0 Å². The van der Waals surface area contributed by atoms with E-state index in [0.29, 0.717) is 15.9 Å². The lowest BCUT2D eigenvalue weighted by molar-refractivity contribution is 0.102. The van der Waals surface area contributed by atoms with Crippen LogP contribution >= 0.6 is 35.5 Å². The molecule has 0 aliphatic carbocycles. The first-order chi connectivity index (χ1) is 14.7. The van der Waals surface area contributed by atoms with Crippen molar-refractivity contribution in [1.82, 2.24) is 0 Å². The number of carbonyl (C=O) groups excluding carboxylic acids is 1. The molecule has 0 heterocycles. The molecular weight excluding hydrogens is 475 g/mol. The summed E-state index contributed by atoms with van der Waals surface area (Å²) in [5.41, 5.74) is 0.575. The maximum Gasteiger partial charge on any atom is 0.174 e. The molecule has 30 heavy (non-hydrogen) atoms. The first-order valence-electron chi connectivity index (χ1n) is 9.49. The largest absolute Gasteiger partial charge is 0.293 e. The van der Waals surface area contributed by atoms with Crippen LogP contribution in [0.1, 0.15) is 10.4 Å². The Morgan fingerprint density at radius 3 is 1.37 bits per heavy atom. The molecular formula is C26H21BrClOP. The van der Waals surface area contributed by atoms with E-state index in [2.05, 4.69) is 107 Å². The highest BCUT2D eigenvalue weighted by Gasteiger charge is 2.15. The van der Waals surface area contributed by atoms with Gasteiger partial charge in [-0.3, -0.25) is 4.79 Å². The molecule has 0 atom stereocenters. The third kappa shape index (κ3) is 6.12. The third-order valence-electron chi connectivity index (χ3n) is 4.34. The number of rotatable bonds is 5. The van der Waals surface area contributed by atoms with E-state index in [-0.39, 0.29) is 5.78 Å². The standard InChI is InChI=1S/C18H15P.C8H6BrClO/c1-4-10-16(11-5-1)19(17-12-6-2-7-13-17)18-14-8-3-9-15-18;9-5-8(11)6-3-1-2-4-7(6)10/h1-15H;1-4H,5H2. The van der Waals surface area contributed by atoms with E-state index < -0.39 is 7.92 Å². The summed E-state index contributed by atoms with van der Waals surface area (Å²) in [7, 11) is -0.446. The SMILES string of the molecule is O=C(CBr)c1ccccc1Cl.c1ccc(P(c2ccccc2)c2ccccc2)cc1. The van der Waals surface area contributed by atoms with Gasteiger partial charge in [-0.2, -0.15) is 0 Å². The first-order valence-corrected chi connectivity index (χ1v) is 12.3.